The highest BCUT2D eigenvalue weighted by molar-refractivity contribution is 8.00. The molecule has 0 fully saturated rings. The Kier molecular flexibility index (Phi) is 5.94. The van der Waals surface area contributed by atoms with Gasteiger partial charge in [-0.1, -0.05) is 68.1 Å². The van der Waals surface area contributed by atoms with Crippen LogP contribution < -0.4 is 15.5 Å². The minimum atomic E-state index is -0.377. The van der Waals surface area contributed by atoms with Crippen molar-refractivity contribution in [1.82, 2.24) is 20.2 Å². The lowest BCUT2D eigenvalue weighted by molar-refractivity contribution is -0.121. The predicted octanol–water partition coefficient (Wildman–Crippen LogP) is 3.49. The fourth-order valence-electron chi connectivity index (χ4n) is 3.30. The number of thioether (sulfide) groups is 1. The molecule has 1 aliphatic rings. The zero-order valence-corrected chi connectivity index (χ0v) is 18.0. The number of fused-ring (bicyclic) bond motifs is 1. The number of benzene rings is 2. The van der Waals surface area contributed by atoms with E-state index in [9.17, 15) is 4.79 Å². The number of aromatic nitrogens is 3. The van der Waals surface area contributed by atoms with Crippen LogP contribution in [0.1, 0.15) is 25.5 Å². The first-order valence-electron chi connectivity index (χ1n) is 9.92. The van der Waals surface area contributed by atoms with Gasteiger partial charge in [-0.3, -0.25) is 4.79 Å². The highest BCUT2D eigenvalue weighted by Crippen LogP contribution is 2.38. The molecule has 0 saturated heterocycles. The van der Waals surface area contributed by atoms with Crippen molar-refractivity contribution in [3.05, 3.63) is 60.2 Å². The molecule has 1 amide bonds. The van der Waals surface area contributed by atoms with E-state index in [1.807, 2.05) is 59.3 Å². The van der Waals surface area contributed by atoms with E-state index < -0.39 is 0 Å². The third kappa shape index (κ3) is 4.14. The van der Waals surface area contributed by atoms with E-state index in [1.165, 1.54) is 11.8 Å². The van der Waals surface area contributed by atoms with Crippen molar-refractivity contribution < 1.29 is 9.53 Å². The van der Waals surface area contributed by atoms with Gasteiger partial charge in [0.05, 0.1) is 13.2 Å². The largest absolute Gasteiger partial charge is 0.497 e. The second-order valence-corrected chi connectivity index (χ2v) is 8.67. The molecular formula is C22H25N5O2S. The Balaban J connectivity index is 1.69. The molecule has 2 atom stereocenters. The van der Waals surface area contributed by atoms with E-state index in [-0.39, 0.29) is 17.2 Å². The maximum atomic E-state index is 13.0. The summed E-state index contributed by atoms with van der Waals surface area (Å²) in [5, 5.41) is 12.1. The summed E-state index contributed by atoms with van der Waals surface area (Å²) in [6, 6.07) is 17.4. The van der Waals surface area contributed by atoms with E-state index in [0.717, 1.165) is 22.7 Å². The van der Waals surface area contributed by atoms with Crippen LogP contribution in [0.25, 0.3) is 11.4 Å². The molecule has 2 heterocycles. The number of methoxy groups -OCH3 is 1. The van der Waals surface area contributed by atoms with Crippen LogP contribution in [0, 0.1) is 5.92 Å². The van der Waals surface area contributed by atoms with Crippen LogP contribution in [0.15, 0.2) is 59.8 Å². The summed E-state index contributed by atoms with van der Waals surface area (Å²) < 4.78 is 7.16. The third-order valence-electron chi connectivity index (χ3n) is 4.89. The van der Waals surface area contributed by atoms with Gasteiger partial charge < -0.3 is 15.5 Å². The Morgan fingerprint density at radius 2 is 1.90 bits per heavy atom. The van der Waals surface area contributed by atoms with E-state index >= 15 is 0 Å². The number of hydrogen-bond donors (Lipinski definition) is 2. The first-order chi connectivity index (χ1) is 14.6. The van der Waals surface area contributed by atoms with Crippen LogP contribution in [0.2, 0.25) is 0 Å². The van der Waals surface area contributed by atoms with Gasteiger partial charge in [-0.25, -0.2) is 4.68 Å². The van der Waals surface area contributed by atoms with Gasteiger partial charge in [0.1, 0.15) is 11.0 Å². The first kappa shape index (κ1) is 20.3. The van der Waals surface area contributed by atoms with Gasteiger partial charge in [-0.15, -0.1) is 10.2 Å². The number of rotatable bonds is 6. The monoisotopic (exact) mass is 423 g/mol. The lowest BCUT2D eigenvalue weighted by Crippen LogP contribution is -2.44. The number of nitrogens with one attached hydrogen (secondary N) is 2. The minimum Gasteiger partial charge on any atom is -0.497 e. The maximum absolute atomic E-state index is 13.0. The third-order valence-corrected chi connectivity index (χ3v) is 6.10. The molecule has 0 saturated carbocycles. The van der Waals surface area contributed by atoms with Crippen LogP contribution in [0.3, 0.4) is 0 Å². The van der Waals surface area contributed by atoms with Crippen LogP contribution in [-0.2, 0) is 4.79 Å². The summed E-state index contributed by atoms with van der Waals surface area (Å²) >= 11 is 1.43. The standard InChI is InChI=1S/C22H25N5O2S/c1-14(2)13-23-21(28)19-18(15-9-11-17(29-3)12-10-15)26-27-20(24-25-22(27)30-19)16-7-5-4-6-8-16/h4-12,14,18-19,26H,13H2,1-3H3,(H,23,28)/t18-,19-/m1/s1. The smallest absolute Gasteiger partial charge is 0.236 e. The minimum absolute atomic E-state index is 0.0162. The van der Waals surface area contributed by atoms with Gasteiger partial charge in [-0.2, -0.15) is 0 Å². The molecule has 30 heavy (non-hydrogen) atoms. The van der Waals surface area contributed by atoms with E-state index in [4.69, 9.17) is 4.74 Å². The fraction of sp³-hybridized carbons (Fsp3) is 0.318. The lowest BCUT2D eigenvalue weighted by Gasteiger charge is -2.33. The quantitative estimate of drug-likeness (QED) is 0.632. The Morgan fingerprint density at radius 3 is 2.57 bits per heavy atom. The molecule has 3 aromatic rings. The summed E-state index contributed by atoms with van der Waals surface area (Å²) in [7, 11) is 1.64. The van der Waals surface area contributed by atoms with Gasteiger partial charge >= 0.3 is 0 Å². The van der Waals surface area contributed by atoms with Crippen molar-refractivity contribution in [2.75, 3.05) is 19.1 Å². The fourth-order valence-corrected chi connectivity index (χ4v) is 4.40. The second kappa shape index (κ2) is 8.79. The van der Waals surface area contributed by atoms with Gasteiger partial charge in [-0.05, 0) is 23.6 Å². The molecule has 0 spiro atoms. The van der Waals surface area contributed by atoms with Gasteiger partial charge in [0.25, 0.3) is 0 Å². The number of amides is 1. The Labute approximate surface area is 180 Å². The molecule has 1 aromatic heterocycles. The molecule has 156 valence electrons. The van der Waals surface area contributed by atoms with E-state index in [2.05, 4.69) is 34.8 Å². The molecule has 2 aromatic carbocycles. The number of nitrogens with zero attached hydrogens (tertiary/aromatic N) is 3. The molecule has 4 rings (SSSR count). The summed E-state index contributed by atoms with van der Waals surface area (Å²) in [4.78, 5) is 13.0. The predicted molar refractivity (Wildman–Crippen MR) is 118 cm³/mol. The average molecular weight is 424 g/mol. The van der Waals surface area contributed by atoms with Crippen LogP contribution in [0.4, 0.5) is 0 Å². The normalized spacial score (nSPS) is 17.9. The average Bonchev–Trinajstić information content (AvgIpc) is 3.20. The number of ether oxygens (including phenoxy) is 1. The first-order valence-corrected chi connectivity index (χ1v) is 10.8. The van der Waals surface area contributed by atoms with Gasteiger partial charge in [0.2, 0.25) is 11.1 Å². The van der Waals surface area contributed by atoms with Crippen LogP contribution in [0.5, 0.6) is 5.75 Å². The van der Waals surface area contributed by atoms with Crippen LogP contribution in [-0.4, -0.2) is 39.7 Å². The molecular weight excluding hydrogens is 398 g/mol. The van der Waals surface area contributed by atoms with Crippen molar-refractivity contribution in [2.45, 2.75) is 30.3 Å². The lowest BCUT2D eigenvalue weighted by atomic mass is 10.0. The molecule has 7 nitrogen and oxygen atoms in total. The van der Waals surface area contributed by atoms with Crippen molar-refractivity contribution in [3.8, 4) is 17.1 Å². The summed E-state index contributed by atoms with van der Waals surface area (Å²) in [6.07, 6.45) is 0. The van der Waals surface area contributed by atoms with Crippen LogP contribution >= 0.6 is 11.8 Å². The second-order valence-electron chi connectivity index (χ2n) is 7.56. The zero-order valence-electron chi connectivity index (χ0n) is 17.2. The maximum Gasteiger partial charge on any atom is 0.236 e. The highest BCUT2D eigenvalue weighted by Gasteiger charge is 2.38. The van der Waals surface area contributed by atoms with Gasteiger partial charge in [0, 0.05) is 12.1 Å². The molecule has 2 N–H and O–H groups in total. The van der Waals surface area contributed by atoms with Crippen molar-refractivity contribution in [3.63, 3.8) is 0 Å². The zero-order chi connectivity index (χ0) is 21.1. The van der Waals surface area contributed by atoms with Crippen molar-refractivity contribution >= 4 is 17.7 Å². The summed E-state index contributed by atoms with van der Waals surface area (Å²) in [5.41, 5.74) is 5.44. The summed E-state index contributed by atoms with van der Waals surface area (Å²) in [5.74, 6) is 1.86. The van der Waals surface area contributed by atoms with Crippen molar-refractivity contribution in [1.29, 1.82) is 0 Å². The number of carbonyl (C=O) groups is 1. The van der Waals surface area contributed by atoms with E-state index in [1.54, 1.807) is 7.11 Å². The Hall–Kier alpha value is -3.00. The SMILES string of the molecule is COc1ccc([C@H]2Nn3c(nnc3-c3ccccc3)S[C@H]2C(=O)NCC(C)C)cc1. The molecule has 0 bridgehead atoms. The number of carbonyl (C=O) groups excluding carboxylic acids is 1. The number of hydrogen-bond acceptors (Lipinski definition) is 6. The highest BCUT2D eigenvalue weighted by atomic mass is 32.2. The molecule has 0 unspecified atom stereocenters. The summed E-state index contributed by atoms with van der Waals surface area (Å²) in [6.45, 7) is 4.79. The molecule has 0 radical (unpaired) electrons. The molecule has 1 aliphatic heterocycles. The topological polar surface area (TPSA) is 81.1 Å². The van der Waals surface area contributed by atoms with E-state index in [0.29, 0.717) is 17.6 Å². The molecule has 0 aliphatic carbocycles. The van der Waals surface area contributed by atoms with Gasteiger partial charge in [0.15, 0.2) is 5.82 Å². The molecule has 8 heteroatoms. The Bertz CT molecular complexity index is 1000. The Morgan fingerprint density at radius 1 is 1.17 bits per heavy atom. The van der Waals surface area contributed by atoms with Crippen molar-refractivity contribution in [2.24, 2.45) is 5.92 Å².